The van der Waals surface area contributed by atoms with E-state index in [-0.39, 0.29) is 17.2 Å². The molecule has 0 fully saturated rings. The Morgan fingerprint density at radius 1 is 1.09 bits per heavy atom. The lowest BCUT2D eigenvalue weighted by molar-refractivity contribution is -0.116. The lowest BCUT2D eigenvalue weighted by Gasteiger charge is -2.18. The number of amides is 1. The highest BCUT2D eigenvalue weighted by Gasteiger charge is 2.23. The third kappa shape index (κ3) is 5.28. The summed E-state index contributed by atoms with van der Waals surface area (Å²) in [5.41, 5.74) is 2.25. The van der Waals surface area contributed by atoms with Gasteiger partial charge >= 0.3 is 5.97 Å². The number of hydrogen-bond donors (Lipinski definition) is 1. The molecule has 3 aromatic rings. The number of rotatable bonds is 10. The maximum Gasteiger partial charge on any atom is 0.337 e. The van der Waals surface area contributed by atoms with Crippen molar-refractivity contribution in [1.29, 1.82) is 0 Å². The molecule has 9 nitrogen and oxygen atoms in total. The van der Waals surface area contributed by atoms with Crippen molar-refractivity contribution >= 4 is 38.6 Å². The molecule has 0 radical (unpaired) electrons. The number of nitrogens with zero attached hydrogens (tertiary/aromatic N) is 3. The number of anilines is 1. The van der Waals surface area contributed by atoms with Crippen LogP contribution < -0.4 is 5.32 Å². The van der Waals surface area contributed by atoms with Crippen LogP contribution in [0.4, 0.5) is 5.69 Å². The smallest absolute Gasteiger partial charge is 0.337 e. The van der Waals surface area contributed by atoms with E-state index in [1.165, 1.54) is 11.4 Å². The molecule has 2 aromatic carbocycles. The minimum Gasteiger partial charge on any atom is -0.465 e. The molecule has 0 aliphatic rings. The number of esters is 1. The minimum atomic E-state index is -3.59. The number of aromatic nitrogens is 2. The van der Waals surface area contributed by atoms with E-state index in [2.05, 4.69) is 10.3 Å². The highest BCUT2D eigenvalue weighted by molar-refractivity contribution is 7.89. The molecular weight excluding hydrogens is 456 g/mol. The molecule has 3 rings (SSSR count). The lowest BCUT2D eigenvalue weighted by Crippen LogP contribution is -2.30. The summed E-state index contributed by atoms with van der Waals surface area (Å²) in [5, 5.41) is 2.79. The Labute approximate surface area is 199 Å². The number of aryl methyl sites for hydroxylation is 2. The predicted molar refractivity (Wildman–Crippen MR) is 130 cm³/mol. The highest BCUT2D eigenvalue weighted by Crippen LogP contribution is 2.24. The summed E-state index contributed by atoms with van der Waals surface area (Å²) in [5.74, 6) is 0.00464. The van der Waals surface area contributed by atoms with Crippen molar-refractivity contribution in [2.24, 2.45) is 0 Å². The Morgan fingerprint density at radius 2 is 1.82 bits per heavy atom. The molecule has 34 heavy (non-hydrogen) atoms. The van der Waals surface area contributed by atoms with Gasteiger partial charge < -0.3 is 14.6 Å². The zero-order valence-corrected chi connectivity index (χ0v) is 20.7. The van der Waals surface area contributed by atoms with Crippen molar-refractivity contribution in [1.82, 2.24) is 13.9 Å². The Hall–Kier alpha value is -3.24. The first-order valence-electron chi connectivity index (χ1n) is 11.2. The van der Waals surface area contributed by atoms with Crippen LogP contribution in [0.5, 0.6) is 0 Å². The molecule has 10 heteroatoms. The normalized spacial score (nSPS) is 11.7. The largest absolute Gasteiger partial charge is 0.465 e. The lowest BCUT2D eigenvalue weighted by atomic mass is 10.2. The molecule has 1 aromatic heterocycles. The third-order valence-corrected chi connectivity index (χ3v) is 7.65. The molecule has 0 aliphatic carbocycles. The summed E-state index contributed by atoms with van der Waals surface area (Å²) in [6, 6.07) is 11.5. The fourth-order valence-corrected chi connectivity index (χ4v) is 5.35. The zero-order chi connectivity index (χ0) is 24.9. The van der Waals surface area contributed by atoms with Gasteiger partial charge in [-0.25, -0.2) is 18.2 Å². The van der Waals surface area contributed by atoms with Crippen molar-refractivity contribution in [3.63, 3.8) is 0 Å². The number of methoxy groups -OCH3 is 1. The SMILES string of the molecule is CCN(CC)S(=O)(=O)c1ccc2c(c1)nc(CCC(=O)Nc1cccc(C(=O)OC)c1)n2CC. The summed E-state index contributed by atoms with van der Waals surface area (Å²) in [6.45, 7) is 7.01. The van der Waals surface area contributed by atoms with Crippen LogP contribution in [0.25, 0.3) is 11.0 Å². The summed E-state index contributed by atoms with van der Waals surface area (Å²) >= 11 is 0. The quantitative estimate of drug-likeness (QED) is 0.440. The maximum absolute atomic E-state index is 12.9. The predicted octanol–water partition coefficient (Wildman–Crippen LogP) is 3.44. The topological polar surface area (TPSA) is 111 Å². The van der Waals surface area contributed by atoms with Gasteiger partial charge in [-0.05, 0) is 43.3 Å². The van der Waals surface area contributed by atoms with Crippen molar-refractivity contribution in [2.45, 2.75) is 45.1 Å². The van der Waals surface area contributed by atoms with Crippen LogP contribution in [-0.2, 0) is 32.5 Å². The number of hydrogen-bond acceptors (Lipinski definition) is 6. The molecule has 1 N–H and O–H groups in total. The fraction of sp³-hybridized carbons (Fsp3) is 0.375. The van der Waals surface area contributed by atoms with Gasteiger partial charge in [0.05, 0.1) is 28.6 Å². The molecule has 0 atom stereocenters. The van der Waals surface area contributed by atoms with Crippen molar-refractivity contribution in [3.8, 4) is 0 Å². The van der Waals surface area contributed by atoms with Gasteiger partial charge in [0.15, 0.2) is 0 Å². The number of fused-ring (bicyclic) bond motifs is 1. The van der Waals surface area contributed by atoms with Gasteiger partial charge in [0.1, 0.15) is 5.82 Å². The van der Waals surface area contributed by atoms with Crippen LogP contribution in [-0.4, -0.2) is 54.3 Å². The van der Waals surface area contributed by atoms with E-state index < -0.39 is 16.0 Å². The zero-order valence-electron chi connectivity index (χ0n) is 19.9. The number of ether oxygens (including phenoxy) is 1. The monoisotopic (exact) mass is 486 g/mol. The van der Waals surface area contributed by atoms with Gasteiger partial charge in [0, 0.05) is 38.2 Å². The van der Waals surface area contributed by atoms with Gasteiger partial charge in [0.2, 0.25) is 15.9 Å². The summed E-state index contributed by atoms with van der Waals surface area (Å²) in [4.78, 5) is 29.1. The van der Waals surface area contributed by atoms with Crippen LogP contribution >= 0.6 is 0 Å². The standard InChI is InChI=1S/C24H30N4O5S/c1-5-27(6-2)34(31,32)19-11-12-21-20(16-19)26-22(28(21)7-3)13-14-23(29)25-18-10-8-9-17(15-18)24(30)33-4/h8-12,15-16H,5-7,13-14H2,1-4H3,(H,25,29). The molecule has 0 saturated carbocycles. The minimum absolute atomic E-state index is 0.177. The second-order valence-corrected chi connectivity index (χ2v) is 9.57. The fourth-order valence-electron chi connectivity index (χ4n) is 3.87. The molecule has 0 saturated heterocycles. The van der Waals surface area contributed by atoms with Crippen LogP contribution in [0, 0.1) is 0 Å². The summed E-state index contributed by atoms with van der Waals surface area (Å²) in [7, 11) is -2.29. The number of imidazole rings is 1. The maximum atomic E-state index is 12.9. The van der Waals surface area contributed by atoms with Gasteiger partial charge in [-0.3, -0.25) is 4.79 Å². The second-order valence-electron chi connectivity index (χ2n) is 7.63. The Balaban J connectivity index is 1.78. The number of carbonyl (C=O) groups is 2. The Kier molecular flexibility index (Phi) is 8.06. The van der Waals surface area contributed by atoms with Crippen molar-refractivity contribution in [3.05, 3.63) is 53.9 Å². The van der Waals surface area contributed by atoms with Crippen molar-refractivity contribution < 1.29 is 22.7 Å². The molecule has 0 unspecified atom stereocenters. The van der Waals surface area contributed by atoms with Gasteiger partial charge in [-0.2, -0.15) is 4.31 Å². The van der Waals surface area contributed by atoms with Gasteiger partial charge in [-0.1, -0.05) is 19.9 Å². The number of benzene rings is 2. The van der Waals surface area contributed by atoms with Crippen molar-refractivity contribution in [2.75, 3.05) is 25.5 Å². The Bertz CT molecular complexity index is 1300. The molecule has 0 spiro atoms. The van der Waals surface area contributed by atoms with Crippen LogP contribution in [0.15, 0.2) is 47.4 Å². The second kappa shape index (κ2) is 10.8. The molecule has 182 valence electrons. The average molecular weight is 487 g/mol. The number of sulfonamides is 1. The van der Waals surface area contributed by atoms with E-state index in [1.54, 1.807) is 56.3 Å². The Morgan fingerprint density at radius 3 is 2.47 bits per heavy atom. The molecule has 0 aliphatic heterocycles. The van der Waals surface area contributed by atoms with Crippen LogP contribution in [0.1, 0.15) is 43.4 Å². The molecular formula is C24H30N4O5S. The molecule has 0 bridgehead atoms. The van der Waals surface area contributed by atoms with E-state index in [9.17, 15) is 18.0 Å². The van der Waals surface area contributed by atoms with E-state index in [0.717, 1.165) is 5.52 Å². The van der Waals surface area contributed by atoms with Gasteiger partial charge in [-0.15, -0.1) is 0 Å². The van der Waals surface area contributed by atoms with E-state index >= 15 is 0 Å². The summed E-state index contributed by atoms with van der Waals surface area (Å²) < 4.78 is 33.9. The van der Waals surface area contributed by atoms with E-state index in [4.69, 9.17) is 4.74 Å². The van der Waals surface area contributed by atoms with Crippen LogP contribution in [0.2, 0.25) is 0 Å². The van der Waals surface area contributed by atoms with E-state index in [0.29, 0.717) is 48.6 Å². The molecule has 1 heterocycles. The van der Waals surface area contributed by atoms with Crippen LogP contribution in [0.3, 0.4) is 0 Å². The number of carbonyl (C=O) groups excluding carboxylic acids is 2. The highest BCUT2D eigenvalue weighted by atomic mass is 32.2. The third-order valence-electron chi connectivity index (χ3n) is 5.60. The average Bonchev–Trinajstić information content (AvgIpc) is 3.19. The first kappa shape index (κ1) is 25.4. The van der Waals surface area contributed by atoms with E-state index in [1.807, 2.05) is 11.5 Å². The first-order chi connectivity index (χ1) is 16.2. The number of nitrogens with one attached hydrogen (secondary N) is 1. The summed E-state index contributed by atoms with van der Waals surface area (Å²) in [6.07, 6.45) is 0.555. The molecule has 1 amide bonds. The van der Waals surface area contributed by atoms with Gasteiger partial charge in [0.25, 0.3) is 0 Å². The first-order valence-corrected chi connectivity index (χ1v) is 12.7.